The van der Waals surface area contributed by atoms with Crippen LogP contribution in [0.2, 0.25) is 10.0 Å². The maximum Gasteiger partial charge on any atom is 0.226 e. The van der Waals surface area contributed by atoms with Gasteiger partial charge in [-0.1, -0.05) is 35.3 Å². The maximum atomic E-state index is 12.7. The number of hydrogen-bond acceptors (Lipinski definition) is 3. The summed E-state index contributed by atoms with van der Waals surface area (Å²) in [6, 6.07) is 5.65. The summed E-state index contributed by atoms with van der Waals surface area (Å²) in [6.07, 6.45) is 3.84. The van der Waals surface area contributed by atoms with E-state index in [1.807, 2.05) is 17.0 Å². The largest absolute Gasteiger partial charge is 0.378 e. The molecule has 132 valence electrons. The number of hydrogen-bond donors (Lipinski definition) is 1. The van der Waals surface area contributed by atoms with Crippen molar-refractivity contribution in [3.8, 4) is 0 Å². The molecule has 6 heteroatoms. The van der Waals surface area contributed by atoms with Crippen LogP contribution in [0.25, 0.3) is 0 Å². The van der Waals surface area contributed by atoms with Gasteiger partial charge in [-0.25, -0.2) is 0 Å². The zero-order valence-electron chi connectivity index (χ0n) is 13.7. The summed E-state index contributed by atoms with van der Waals surface area (Å²) in [4.78, 5) is 14.7. The summed E-state index contributed by atoms with van der Waals surface area (Å²) in [5.41, 5.74) is 6.48. The second kappa shape index (κ2) is 8.05. The van der Waals surface area contributed by atoms with Crippen LogP contribution in [0.3, 0.4) is 0 Å². The van der Waals surface area contributed by atoms with E-state index in [-0.39, 0.29) is 23.8 Å². The van der Waals surface area contributed by atoms with E-state index in [2.05, 4.69) is 0 Å². The summed E-state index contributed by atoms with van der Waals surface area (Å²) < 4.78 is 5.80. The van der Waals surface area contributed by atoms with Crippen molar-refractivity contribution in [3.63, 3.8) is 0 Å². The molecule has 1 amide bonds. The number of rotatable bonds is 6. The van der Waals surface area contributed by atoms with Crippen molar-refractivity contribution in [3.05, 3.63) is 33.8 Å². The van der Waals surface area contributed by atoms with Crippen LogP contribution in [-0.4, -0.2) is 43.2 Å². The molecule has 1 aromatic carbocycles. The molecule has 2 N–H and O–H groups in total. The molecule has 2 unspecified atom stereocenters. The van der Waals surface area contributed by atoms with Crippen molar-refractivity contribution in [1.82, 2.24) is 4.90 Å². The van der Waals surface area contributed by atoms with Crippen LogP contribution in [0.4, 0.5) is 0 Å². The highest BCUT2D eigenvalue weighted by Crippen LogP contribution is 2.51. The minimum atomic E-state index is 0.0516. The van der Waals surface area contributed by atoms with Crippen LogP contribution in [0.1, 0.15) is 37.2 Å². The number of nitrogens with two attached hydrogens (primary N) is 1. The van der Waals surface area contributed by atoms with Crippen molar-refractivity contribution >= 4 is 29.1 Å². The minimum absolute atomic E-state index is 0.0516. The third-order valence-electron chi connectivity index (χ3n) is 4.94. The monoisotopic (exact) mass is 370 g/mol. The predicted octanol–water partition coefficient (Wildman–Crippen LogP) is 3.45. The highest BCUT2D eigenvalue weighted by Gasteiger charge is 2.47. The molecule has 0 bridgehead atoms. The summed E-state index contributed by atoms with van der Waals surface area (Å²) >= 11 is 12.4. The highest BCUT2D eigenvalue weighted by molar-refractivity contribution is 6.42. The van der Waals surface area contributed by atoms with Gasteiger partial charge >= 0.3 is 0 Å². The Labute approximate surface area is 153 Å². The van der Waals surface area contributed by atoms with Gasteiger partial charge in [0, 0.05) is 25.6 Å². The number of nitrogens with zero attached hydrogens (tertiary/aromatic N) is 1. The van der Waals surface area contributed by atoms with Crippen LogP contribution >= 0.6 is 23.2 Å². The van der Waals surface area contributed by atoms with Crippen molar-refractivity contribution < 1.29 is 9.53 Å². The van der Waals surface area contributed by atoms with Crippen LogP contribution in [0, 0.1) is 5.92 Å². The summed E-state index contributed by atoms with van der Waals surface area (Å²) in [5.74, 6) is 0.509. The second-order valence-electron chi connectivity index (χ2n) is 6.63. The van der Waals surface area contributed by atoms with E-state index in [9.17, 15) is 4.79 Å². The van der Waals surface area contributed by atoms with Gasteiger partial charge in [-0.2, -0.15) is 0 Å². The maximum absolute atomic E-state index is 12.7. The Morgan fingerprint density at radius 1 is 1.29 bits per heavy atom. The van der Waals surface area contributed by atoms with E-state index < -0.39 is 0 Å². The molecule has 1 aliphatic carbocycles. The second-order valence-corrected chi connectivity index (χ2v) is 7.41. The van der Waals surface area contributed by atoms with Crippen molar-refractivity contribution in [2.75, 3.05) is 26.2 Å². The third-order valence-corrected chi connectivity index (χ3v) is 5.78. The molecule has 0 spiro atoms. The fourth-order valence-corrected chi connectivity index (χ4v) is 3.88. The minimum Gasteiger partial charge on any atom is -0.378 e. The van der Waals surface area contributed by atoms with Crippen LogP contribution in [0.15, 0.2) is 18.2 Å². The summed E-state index contributed by atoms with van der Waals surface area (Å²) in [6.45, 7) is 2.93. The lowest BCUT2D eigenvalue weighted by molar-refractivity contribution is -0.135. The average molecular weight is 371 g/mol. The molecule has 1 saturated heterocycles. The van der Waals surface area contributed by atoms with Crippen molar-refractivity contribution in [2.24, 2.45) is 11.7 Å². The fraction of sp³-hybridized carbons (Fsp3) is 0.611. The summed E-state index contributed by atoms with van der Waals surface area (Å²) in [7, 11) is 0. The Hall–Kier alpha value is -0.810. The first-order valence-corrected chi connectivity index (χ1v) is 9.41. The Morgan fingerprint density at radius 2 is 2.04 bits per heavy atom. The number of amides is 1. The first-order chi connectivity index (χ1) is 11.6. The van der Waals surface area contributed by atoms with Crippen molar-refractivity contribution in [1.29, 1.82) is 0 Å². The van der Waals surface area contributed by atoms with E-state index in [0.717, 1.165) is 44.3 Å². The lowest BCUT2D eigenvalue weighted by atomic mass is 10.1. The highest BCUT2D eigenvalue weighted by atomic mass is 35.5. The van der Waals surface area contributed by atoms with Gasteiger partial charge in [0.15, 0.2) is 0 Å². The molecule has 1 saturated carbocycles. The summed E-state index contributed by atoms with van der Waals surface area (Å²) in [5, 5.41) is 1.15. The van der Waals surface area contributed by atoms with Gasteiger partial charge in [0.05, 0.1) is 16.1 Å². The number of likely N-dealkylation sites (tertiary alicyclic amines) is 1. The first kappa shape index (κ1) is 18.0. The third kappa shape index (κ3) is 4.05. The first-order valence-electron chi connectivity index (χ1n) is 8.66. The number of ether oxygens (including phenoxy) is 1. The SMILES string of the molecule is NCCCOC1CCN(C(=O)C2CC2c2cccc(Cl)c2Cl)CC1. The number of carbonyl (C=O) groups is 1. The Bertz CT molecular complexity index is 588. The molecule has 0 aromatic heterocycles. The van der Waals surface area contributed by atoms with Gasteiger partial charge in [-0.05, 0) is 49.8 Å². The van der Waals surface area contributed by atoms with Gasteiger partial charge in [0.1, 0.15) is 0 Å². The van der Waals surface area contributed by atoms with Gasteiger partial charge in [-0.15, -0.1) is 0 Å². The molecule has 2 atom stereocenters. The molecule has 2 aliphatic rings. The lowest BCUT2D eigenvalue weighted by Crippen LogP contribution is -2.42. The van der Waals surface area contributed by atoms with E-state index in [0.29, 0.717) is 23.2 Å². The zero-order valence-corrected chi connectivity index (χ0v) is 15.2. The normalized spacial score (nSPS) is 24.2. The number of benzene rings is 1. The van der Waals surface area contributed by atoms with E-state index >= 15 is 0 Å². The Kier molecular flexibility index (Phi) is 6.03. The molecular weight excluding hydrogens is 347 g/mol. The predicted molar refractivity (Wildman–Crippen MR) is 96.5 cm³/mol. The van der Waals surface area contributed by atoms with Gasteiger partial charge < -0.3 is 15.4 Å². The quantitative estimate of drug-likeness (QED) is 0.780. The van der Waals surface area contributed by atoms with Gasteiger partial charge in [0.25, 0.3) is 0 Å². The molecule has 0 radical (unpaired) electrons. The number of halogens is 2. The smallest absolute Gasteiger partial charge is 0.226 e. The molecule has 1 aliphatic heterocycles. The number of piperidine rings is 1. The fourth-order valence-electron chi connectivity index (χ4n) is 3.43. The molecule has 24 heavy (non-hydrogen) atoms. The van der Waals surface area contributed by atoms with Gasteiger partial charge in [0.2, 0.25) is 5.91 Å². The van der Waals surface area contributed by atoms with Crippen LogP contribution in [-0.2, 0) is 9.53 Å². The van der Waals surface area contributed by atoms with Gasteiger partial charge in [-0.3, -0.25) is 4.79 Å². The standard InChI is InChI=1S/C18H24Cl2N2O2/c19-16-4-1-3-13(17(16)20)14-11-15(14)18(23)22-8-5-12(6-9-22)24-10-2-7-21/h1,3-4,12,14-15H,2,5-11,21H2. The van der Waals surface area contributed by atoms with Crippen LogP contribution < -0.4 is 5.73 Å². The molecule has 4 nitrogen and oxygen atoms in total. The van der Waals surface area contributed by atoms with E-state index in [4.69, 9.17) is 33.7 Å². The molecule has 1 aromatic rings. The number of carbonyl (C=O) groups excluding carboxylic acids is 1. The van der Waals surface area contributed by atoms with E-state index in [1.54, 1.807) is 6.07 Å². The topological polar surface area (TPSA) is 55.6 Å². The Morgan fingerprint density at radius 3 is 2.75 bits per heavy atom. The average Bonchev–Trinajstić information content (AvgIpc) is 3.38. The molecule has 1 heterocycles. The Balaban J connectivity index is 1.50. The molecular formula is C18H24Cl2N2O2. The van der Waals surface area contributed by atoms with E-state index in [1.165, 1.54) is 0 Å². The van der Waals surface area contributed by atoms with Crippen molar-refractivity contribution in [2.45, 2.75) is 37.7 Å². The molecule has 2 fully saturated rings. The molecule has 3 rings (SSSR count). The van der Waals surface area contributed by atoms with Crippen LogP contribution in [0.5, 0.6) is 0 Å². The lowest BCUT2D eigenvalue weighted by Gasteiger charge is -2.32. The zero-order chi connectivity index (χ0) is 17.1.